The number of anilines is 4. The minimum absolute atomic E-state index is 0.0443. The molecule has 1 aliphatic rings. The molecule has 1 aromatic carbocycles. The molecule has 33 heavy (non-hydrogen) atoms. The van der Waals surface area contributed by atoms with E-state index in [1.54, 1.807) is 18.2 Å². The quantitative estimate of drug-likeness (QED) is 0.498. The van der Waals surface area contributed by atoms with Crippen molar-refractivity contribution in [3.05, 3.63) is 53.9 Å². The number of likely N-dealkylation sites (N-methyl/N-ethyl adjacent to an activating group) is 1. The molecule has 1 aliphatic heterocycles. The van der Waals surface area contributed by atoms with E-state index in [0.717, 1.165) is 37.6 Å². The van der Waals surface area contributed by atoms with Crippen LogP contribution in [0.3, 0.4) is 0 Å². The highest BCUT2D eigenvalue weighted by Crippen LogP contribution is 2.28. The second kappa shape index (κ2) is 9.70. The molecule has 0 spiro atoms. The molecule has 1 saturated heterocycles. The summed E-state index contributed by atoms with van der Waals surface area (Å²) in [6, 6.07) is 13.0. The van der Waals surface area contributed by atoms with Crippen LogP contribution in [-0.2, 0) is 6.42 Å². The molecule has 10 nitrogen and oxygen atoms in total. The van der Waals surface area contributed by atoms with E-state index >= 15 is 0 Å². The molecule has 1 amide bonds. The number of aromatic nitrogens is 3. The number of hydrogen-bond acceptors (Lipinski definition) is 9. The highest BCUT2D eigenvalue weighted by atomic mass is 16.5. The summed E-state index contributed by atoms with van der Waals surface area (Å²) in [5.74, 6) is 0.379. The van der Waals surface area contributed by atoms with Crippen LogP contribution in [0.25, 0.3) is 0 Å². The lowest BCUT2D eigenvalue weighted by atomic mass is 10.2. The average molecular weight is 449 g/mol. The second-order valence-electron chi connectivity index (χ2n) is 7.86. The summed E-state index contributed by atoms with van der Waals surface area (Å²) in [5, 5.41) is 3.15. The maximum atomic E-state index is 12.1. The van der Waals surface area contributed by atoms with Gasteiger partial charge in [-0.05, 0) is 43.8 Å². The van der Waals surface area contributed by atoms with Gasteiger partial charge in [0.25, 0.3) is 5.91 Å². The Morgan fingerprint density at radius 1 is 1.06 bits per heavy atom. The summed E-state index contributed by atoms with van der Waals surface area (Å²) in [6.07, 6.45) is 0.491. The van der Waals surface area contributed by atoms with E-state index in [-0.39, 0.29) is 23.3 Å². The Balaban J connectivity index is 1.59. The van der Waals surface area contributed by atoms with Crippen LogP contribution in [0.1, 0.15) is 23.1 Å². The highest BCUT2D eigenvalue weighted by molar-refractivity contribution is 5.96. The number of nitrogens with one attached hydrogen (secondary N) is 1. The fourth-order valence-corrected chi connectivity index (χ4v) is 3.57. The zero-order chi connectivity index (χ0) is 23.4. The monoisotopic (exact) mass is 448 g/mol. The van der Waals surface area contributed by atoms with Gasteiger partial charge in [-0.1, -0.05) is 13.0 Å². The third-order valence-electron chi connectivity index (χ3n) is 5.44. The number of ether oxygens (including phenoxy) is 1. The molecule has 1 fully saturated rings. The maximum Gasteiger partial charge on any atom is 0.271 e. The van der Waals surface area contributed by atoms with E-state index < -0.39 is 5.91 Å². The summed E-state index contributed by atoms with van der Waals surface area (Å²) in [5.41, 5.74) is 13.8. The highest BCUT2D eigenvalue weighted by Gasteiger charge is 2.19. The topological polar surface area (TPSA) is 136 Å². The van der Waals surface area contributed by atoms with Crippen molar-refractivity contribution in [1.29, 1.82) is 0 Å². The van der Waals surface area contributed by atoms with Crippen LogP contribution in [0.2, 0.25) is 0 Å². The largest absolute Gasteiger partial charge is 0.419 e. The van der Waals surface area contributed by atoms with Gasteiger partial charge in [0, 0.05) is 43.6 Å². The van der Waals surface area contributed by atoms with Crippen LogP contribution in [0.15, 0.2) is 42.5 Å². The van der Waals surface area contributed by atoms with E-state index in [0.29, 0.717) is 17.9 Å². The average Bonchev–Trinajstić information content (AvgIpc) is 2.80. The third-order valence-corrected chi connectivity index (χ3v) is 5.44. The van der Waals surface area contributed by atoms with Gasteiger partial charge in [0.05, 0.1) is 0 Å². The lowest BCUT2D eigenvalue weighted by Gasteiger charge is -2.34. The smallest absolute Gasteiger partial charge is 0.271 e. The summed E-state index contributed by atoms with van der Waals surface area (Å²) in [6.45, 7) is 5.92. The Kier molecular flexibility index (Phi) is 6.55. The molecule has 0 bridgehead atoms. The van der Waals surface area contributed by atoms with Crippen molar-refractivity contribution in [2.45, 2.75) is 13.3 Å². The molecule has 5 N–H and O–H groups in total. The number of piperazine rings is 1. The number of nitrogens with zero attached hydrogens (tertiary/aromatic N) is 5. The Morgan fingerprint density at radius 3 is 2.42 bits per heavy atom. The molecule has 0 radical (unpaired) electrons. The summed E-state index contributed by atoms with van der Waals surface area (Å²) in [7, 11) is 2.13. The van der Waals surface area contributed by atoms with Crippen molar-refractivity contribution in [3.63, 3.8) is 0 Å². The number of aryl methyl sites for hydroxylation is 1. The van der Waals surface area contributed by atoms with Crippen LogP contribution in [0.4, 0.5) is 23.0 Å². The van der Waals surface area contributed by atoms with E-state index in [1.807, 2.05) is 31.2 Å². The van der Waals surface area contributed by atoms with E-state index in [9.17, 15) is 4.79 Å². The standard InChI is InChI=1S/C23H28N8O2/c1-3-17-23(33-19-6-4-5-18(24)28-19)29-22(20(27-17)21(25)32)26-15-7-9-16(10-8-15)31-13-11-30(2)12-14-31/h4-10H,3,11-14H2,1-2H3,(H2,24,28)(H2,25,32)(H,26,29). The number of carbonyl (C=O) groups excluding carboxylic acids is 1. The van der Waals surface area contributed by atoms with E-state index in [1.165, 1.54) is 0 Å². The fourth-order valence-electron chi connectivity index (χ4n) is 3.57. The number of primary amides is 1. The van der Waals surface area contributed by atoms with Gasteiger partial charge in [-0.15, -0.1) is 0 Å². The number of nitrogen functional groups attached to an aromatic ring is 1. The Bertz CT molecular complexity index is 1130. The first-order valence-electron chi connectivity index (χ1n) is 10.8. The number of pyridine rings is 1. The van der Waals surface area contributed by atoms with Gasteiger partial charge in [0.2, 0.25) is 11.8 Å². The van der Waals surface area contributed by atoms with Crippen molar-refractivity contribution < 1.29 is 9.53 Å². The van der Waals surface area contributed by atoms with Crippen molar-refractivity contribution in [2.75, 3.05) is 49.2 Å². The molecule has 172 valence electrons. The molecule has 3 heterocycles. The summed E-state index contributed by atoms with van der Waals surface area (Å²) in [4.78, 5) is 29.8. The lowest BCUT2D eigenvalue weighted by molar-refractivity contribution is 0.0996. The van der Waals surface area contributed by atoms with Crippen LogP contribution in [0, 0.1) is 0 Å². The van der Waals surface area contributed by atoms with Crippen molar-refractivity contribution in [1.82, 2.24) is 19.9 Å². The van der Waals surface area contributed by atoms with Gasteiger partial charge in [0.15, 0.2) is 11.5 Å². The van der Waals surface area contributed by atoms with Gasteiger partial charge in [-0.3, -0.25) is 4.79 Å². The predicted octanol–water partition coefficient (Wildman–Crippen LogP) is 2.40. The number of nitrogens with two attached hydrogens (primary N) is 2. The lowest BCUT2D eigenvalue weighted by Crippen LogP contribution is -2.44. The third kappa shape index (κ3) is 5.29. The van der Waals surface area contributed by atoms with E-state index in [4.69, 9.17) is 16.2 Å². The molecule has 10 heteroatoms. The first kappa shape index (κ1) is 22.3. The van der Waals surface area contributed by atoms with Crippen molar-refractivity contribution in [3.8, 4) is 11.8 Å². The molecule has 4 rings (SSSR count). The zero-order valence-electron chi connectivity index (χ0n) is 18.8. The van der Waals surface area contributed by atoms with Gasteiger partial charge in [-0.25, -0.2) is 4.98 Å². The maximum absolute atomic E-state index is 12.1. The summed E-state index contributed by atoms with van der Waals surface area (Å²) < 4.78 is 5.83. The zero-order valence-corrected chi connectivity index (χ0v) is 18.8. The van der Waals surface area contributed by atoms with E-state index in [2.05, 4.69) is 37.1 Å². The number of carbonyl (C=O) groups is 1. The number of hydrogen-bond donors (Lipinski definition) is 3. The van der Waals surface area contributed by atoms with Crippen LogP contribution in [0.5, 0.6) is 11.8 Å². The first-order chi connectivity index (χ1) is 15.9. The number of amides is 1. The van der Waals surface area contributed by atoms with Crippen LogP contribution < -0.4 is 26.4 Å². The van der Waals surface area contributed by atoms with Gasteiger partial charge in [0.1, 0.15) is 11.5 Å². The van der Waals surface area contributed by atoms with Gasteiger partial charge >= 0.3 is 0 Å². The van der Waals surface area contributed by atoms with Crippen molar-refractivity contribution in [2.24, 2.45) is 5.73 Å². The molecular weight excluding hydrogens is 420 g/mol. The molecule has 0 saturated carbocycles. The molecule has 0 atom stereocenters. The second-order valence-corrected chi connectivity index (χ2v) is 7.86. The van der Waals surface area contributed by atoms with Crippen LogP contribution >= 0.6 is 0 Å². The number of benzene rings is 1. The minimum atomic E-state index is -0.678. The first-order valence-corrected chi connectivity index (χ1v) is 10.8. The molecule has 0 aliphatic carbocycles. The Hall–Kier alpha value is -3.92. The fraction of sp³-hybridized carbons (Fsp3) is 0.304. The predicted molar refractivity (Wildman–Crippen MR) is 128 cm³/mol. The van der Waals surface area contributed by atoms with Gasteiger partial charge in [-0.2, -0.15) is 9.97 Å². The van der Waals surface area contributed by atoms with Crippen molar-refractivity contribution >= 4 is 28.9 Å². The Labute approximate surface area is 192 Å². The molecule has 2 aromatic heterocycles. The molecule has 3 aromatic rings. The molecular formula is C23H28N8O2. The van der Waals surface area contributed by atoms with Crippen LogP contribution in [-0.4, -0.2) is 59.0 Å². The summed E-state index contributed by atoms with van der Waals surface area (Å²) >= 11 is 0. The molecule has 0 unspecified atom stereocenters. The Morgan fingerprint density at radius 2 is 1.79 bits per heavy atom. The SMILES string of the molecule is CCc1nc(C(N)=O)c(Nc2ccc(N3CCN(C)CC3)cc2)nc1Oc1cccc(N)n1. The minimum Gasteiger partial charge on any atom is -0.419 e. The van der Waals surface area contributed by atoms with Gasteiger partial charge < -0.3 is 31.3 Å². The normalized spacial score (nSPS) is 14.2. The number of rotatable bonds is 7.